The molecule has 0 bridgehead atoms. The fourth-order valence-corrected chi connectivity index (χ4v) is 3.74. The fourth-order valence-electron chi connectivity index (χ4n) is 3.74. The molecule has 0 unspecified atom stereocenters. The number of benzene rings is 1. The van der Waals surface area contributed by atoms with Gasteiger partial charge in [0.15, 0.2) is 0 Å². The molecule has 2 aliphatic heterocycles. The summed E-state index contributed by atoms with van der Waals surface area (Å²) in [5.74, 6) is -0.778. The van der Waals surface area contributed by atoms with Gasteiger partial charge in [-0.15, -0.1) is 0 Å². The van der Waals surface area contributed by atoms with Crippen molar-refractivity contribution >= 4 is 23.6 Å². The van der Waals surface area contributed by atoms with Crippen LogP contribution in [-0.2, 0) is 20.9 Å². The van der Waals surface area contributed by atoms with E-state index >= 15 is 0 Å². The molecule has 0 saturated carbocycles. The van der Waals surface area contributed by atoms with Crippen molar-refractivity contribution in [2.24, 2.45) is 5.10 Å². The van der Waals surface area contributed by atoms with Crippen LogP contribution in [0.1, 0.15) is 45.6 Å². The molecule has 1 saturated heterocycles. The minimum Gasteiger partial charge on any atom is -0.444 e. The predicted molar refractivity (Wildman–Crippen MR) is 125 cm³/mol. The number of hydrogen-bond acceptors (Lipinski definition) is 6. The maximum atomic E-state index is 13.1. The van der Waals surface area contributed by atoms with Crippen LogP contribution in [0.5, 0.6) is 0 Å². The maximum absolute atomic E-state index is 13.1. The van der Waals surface area contributed by atoms with Gasteiger partial charge in [-0.2, -0.15) is 5.10 Å². The second-order valence-electron chi connectivity index (χ2n) is 9.54. The van der Waals surface area contributed by atoms with Crippen molar-refractivity contribution in [1.82, 2.24) is 20.1 Å². The van der Waals surface area contributed by atoms with Gasteiger partial charge in [0.2, 0.25) is 5.91 Å². The predicted octanol–water partition coefficient (Wildman–Crippen LogP) is 2.36. The monoisotopic (exact) mass is 475 g/mol. The lowest BCUT2D eigenvalue weighted by Gasteiger charge is -2.35. The number of piperazine rings is 1. The molecule has 1 aromatic rings. The highest BCUT2D eigenvalue weighted by atomic mass is 19.1. The molecule has 0 atom stereocenters. The number of nitrogens with zero attached hydrogens (tertiary/aromatic N) is 4. The smallest absolute Gasteiger partial charge is 0.410 e. The van der Waals surface area contributed by atoms with E-state index in [-0.39, 0.29) is 36.7 Å². The third-order valence-electron chi connectivity index (χ3n) is 5.57. The summed E-state index contributed by atoms with van der Waals surface area (Å²) in [4.78, 5) is 40.8. The SMILES string of the molecule is CC(C)(C)OC(=O)N1CCN(CCCNC(=O)C2=NN(Cc3ccc(F)cc3)C(=O)CC2)CC1. The van der Waals surface area contributed by atoms with E-state index in [1.165, 1.54) is 17.1 Å². The highest BCUT2D eigenvalue weighted by Crippen LogP contribution is 2.15. The Balaban J connectivity index is 1.38. The minimum atomic E-state index is -0.500. The average molecular weight is 476 g/mol. The third kappa shape index (κ3) is 7.79. The first-order chi connectivity index (χ1) is 16.1. The van der Waals surface area contributed by atoms with Crippen LogP contribution < -0.4 is 5.32 Å². The van der Waals surface area contributed by atoms with Crippen LogP contribution >= 0.6 is 0 Å². The van der Waals surface area contributed by atoms with Gasteiger partial charge in [-0.25, -0.2) is 14.2 Å². The van der Waals surface area contributed by atoms with Gasteiger partial charge in [-0.05, 0) is 51.4 Å². The third-order valence-corrected chi connectivity index (χ3v) is 5.57. The number of amides is 3. The first kappa shape index (κ1) is 25.6. The molecule has 1 aromatic carbocycles. The normalized spacial score (nSPS) is 17.4. The summed E-state index contributed by atoms with van der Waals surface area (Å²) < 4.78 is 18.5. The van der Waals surface area contributed by atoms with Gasteiger partial charge in [0.1, 0.15) is 17.1 Å². The second-order valence-corrected chi connectivity index (χ2v) is 9.54. The van der Waals surface area contributed by atoms with Crippen LogP contribution in [0, 0.1) is 5.82 Å². The Morgan fingerprint density at radius 1 is 1.09 bits per heavy atom. The van der Waals surface area contributed by atoms with Crippen molar-refractivity contribution < 1.29 is 23.5 Å². The molecule has 2 heterocycles. The van der Waals surface area contributed by atoms with E-state index in [1.54, 1.807) is 17.0 Å². The van der Waals surface area contributed by atoms with Gasteiger partial charge in [-0.1, -0.05) is 12.1 Å². The summed E-state index contributed by atoms with van der Waals surface area (Å²) >= 11 is 0. The topological polar surface area (TPSA) is 94.6 Å². The molecular weight excluding hydrogens is 441 g/mol. The lowest BCUT2D eigenvalue weighted by atomic mass is 10.1. The molecule has 186 valence electrons. The number of nitrogens with one attached hydrogen (secondary N) is 1. The number of hydrazone groups is 1. The van der Waals surface area contributed by atoms with Crippen LogP contribution in [0.3, 0.4) is 0 Å². The fraction of sp³-hybridized carbons (Fsp3) is 0.583. The van der Waals surface area contributed by atoms with E-state index in [9.17, 15) is 18.8 Å². The standard InChI is InChI=1S/C24H34FN5O4/c1-24(2,3)34-23(33)29-15-13-28(14-16-29)12-4-11-26-22(32)20-9-10-21(31)30(27-20)17-18-5-7-19(25)8-6-18/h5-8H,4,9-17H2,1-3H3,(H,26,32). The van der Waals surface area contributed by atoms with Gasteiger partial charge < -0.3 is 15.0 Å². The summed E-state index contributed by atoms with van der Waals surface area (Å²) in [6.07, 6.45) is 1.01. The Morgan fingerprint density at radius 3 is 2.41 bits per heavy atom. The Kier molecular flexibility index (Phi) is 8.60. The van der Waals surface area contributed by atoms with Crippen molar-refractivity contribution in [2.45, 2.75) is 52.2 Å². The van der Waals surface area contributed by atoms with E-state index < -0.39 is 5.60 Å². The summed E-state index contributed by atoms with van der Waals surface area (Å²) in [5, 5.41) is 8.39. The zero-order valence-corrected chi connectivity index (χ0v) is 20.2. The molecule has 9 nitrogen and oxygen atoms in total. The van der Waals surface area contributed by atoms with Crippen LogP contribution in [0.2, 0.25) is 0 Å². The molecule has 3 amide bonds. The molecular formula is C24H34FN5O4. The van der Waals surface area contributed by atoms with Crippen molar-refractivity contribution in [1.29, 1.82) is 0 Å². The van der Waals surface area contributed by atoms with Gasteiger partial charge >= 0.3 is 6.09 Å². The molecule has 2 aliphatic rings. The number of carbonyl (C=O) groups excluding carboxylic acids is 3. The van der Waals surface area contributed by atoms with Gasteiger partial charge in [-0.3, -0.25) is 14.5 Å². The van der Waals surface area contributed by atoms with E-state index in [1.807, 2.05) is 20.8 Å². The quantitative estimate of drug-likeness (QED) is 0.611. The number of rotatable bonds is 7. The molecule has 0 aliphatic carbocycles. The van der Waals surface area contributed by atoms with Crippen molar-refractivity contribution in [3.8, 4) is 0 Å². The summed E-state index contributed by atoms with van der Waals surface area (Å²) in [7, 11) is 0. The Morgan fingerprint density at radius 2 is 1.76 bits per heavy atom. The van der Waals surface area contributed by atoms with Gasteiger partial charge in [0, 0.05) is 45.6 Å². The first-order valence-electron chi connectivity index (χ1n) is 11.7. The Labute approximate surface area is 199 Å². The zero-order chi connectivity index (χ0) is 24.7. The highest BCUT2D eigenvalue weighted by molar-refractivity contribution is 6.39. The number of halogens is 1. The minimum absolute atomic E-state index is 0.161. The lowest BCUT2D eigenvalue weighted by Crippen LogP contribution is -2.50. The van der Waals surface area contributed by atoms with Crippen LogP contribution in [0.15, 0.2) is 29.4 Å². The van der Waals surface area contributed by atoms with E-state index in [4.69, 9.17) is 4.74 Å². The average Bonchev–Trinajstić information content (AvgIpc) is 2.78. The molecule has 0 radical (unpaired) electrons. The Bertz CT molecular complexity index is 905. The van der Waals surface area contributed by atoms with E-state index in [0.29, 0.717) is 31.8 Å². The molecule has 0 aromatic heterocycles. The second kappa shape index (κ2) is 11.4. The summed E-state index contributed by atoms with van der Waals surface area (Å²) in [6, 6.07) is 5.86. The van der Waals surface area contributed by atoms with E-state index in [0.717, 1.165) is 31.6 Å². The van der Waals surface area contributed by atoms with Crippen LogP contribution in [-0.4, -0.2) is 83.3 Å². The zero-order valence-electron chi connectivity index (χ0n) is 20.2. The largest absolute Gasteiger partial charge is 0.444 e. The van der Waals surface area contributed by atoms with Crippen LogP contribution in [0.4, 0.5) is 9.18 Å². The molecule has 0 spiro atoms. The number of ether oxygens (including phenoxy) is 1. The Hall–Kier alpha value is -3.01. The summed E-state index contributed by atoms with van der Waals surface area (Å²) in [6.45, 7) is 9.85. The van der Waals surface area contributed by atoms with Gasteiger partial charge in [0.05, 0.1) is 6.54 Å². The summed E-state index contributed by atoms with van der Waals surface area (Å²) in [5.41, 5.74) is 0.569. The number of hydrogen-bond donors (Lipinski definition) is 1. The molecule has 1 N–H and O–H groups in total. The van der Waals surface area contributed by atoms with Crippen molar-refractivity contribution in [2.75, 3.05) is 39.3 Å². The van der Waals surface area contributed by atoms with Crippen LogP contribution in [0.25, 0.3) is 0 Å². The van der Waals surface area contributed by atoms with Gasteiger partial charge in [0.25, 0.3) is 5.91 Å². The number of carbonyl (C=O) groups is 3. The highest BCUT2D eigenvalue weighted by Gasteiger charge is 2.26. The maximum Gasteiger partial charge on any atom is 0.410 e. The van der Waals surface area contributed by atoms with Crippen molar-refractivity contribution in [3.63, 3.8) is 0 Å². The molecule has 34 heavy (non-hydrogen) atoms. The van der Waals surface area contributed by atoms with Crippen molar-refractivity contribution in [3.05, 3.63) is 35.6 Å². The van der Waals surface area contributed by atoms with E-state index in [2.05, 4.69) is 15.3 Å². The molecule has 3 rings (SSSR count). The lowest BCUT2D eigenvalue weighted by molar-refractivity contribution is -0.132. The first-order valence-corrected chi connectivity index (χ1v) is 11.7. The molecule has 1 fully saturated rings. The molecule has 10 heteroatoms.